The monoisotopic (exact) mass is 747 g/mol. The zero-order valence-corrected chi connectivity index (χ0v) is 27.5. The number of ether oxygens (including phenoxy) is 1. The number of anilines is 1. The average Bonchev–Trinajstić information content (AvgIpc) is 3.04. The highest BCUT2D eigenvalue weighted by Gasteiger charge is 2.25. The van der Waals surface area contributed by atoms with Crippen LogP contribution >= 0.6 is 0 Å². The number of hydrogen-bond acceptors (Lipinski definition) is 15. The van der Waals surface area contributed by atoms with Gasteiger partial charge in [-0.1, -0.05) is 6.07 Å². The topological polar surface area (TPSA) is 308 Å². The van der Waals surface area contributed by atoms with Gasteiger partial charge in [0.1, 0.15) is 33.9 Å². The number of nitrogens with zero attached hydrogens (tertiary/aromatic N) is 4. The Bertz CT molecular complexity index is 2540. The molecule has 8 N–H and O–H groups in total. The van der Waals surface area contributed by atoms with Gasteiger partial charge in [0.15, 0.2) is 5.75 Å². The van der Waals surface area contributed by atoms with Crippen molar-refractivity contribution >= 4 is 80.3 Å². The summed E-state index contributed by atoms with van der Waals surface area (Å²) >= 11 is 0. The van der Waals surface area contributed by atoms with Crippen molar-refractivity contribution in [2.24, 2.45) is 20.5 Å². The molecule has 50 heavy (non-hydrogen) atoms. The molecule has 0 aliphatic heterocycles. The van der Waals surface area contributed by atoms with Crippen LogP contribution in [0.15, 0.2) is 108 Å². The van der Waals surface area contributed by atoms with Crippen molar-refractivity contribution in [2.45, 2.75) is 20.8 Å². The Morgan fingerprint density at radius 1 is 0.680 bits per heavy atom. The summed E-state index contributed by atoms with van der Waals surface area (Å²) in [4.78, 5) is -2.35. The summed E-state index contributed by atoms with van der Waals surface area (Å²) in [7, 11) is -14.8. The quantitative estimate of drug-likeness (QED) is 0.0553. The third-order valence-electron chi connectivity index (χ3n) is 7.00. The van der Waals surface area contributed by atoms with Crippen LogP contribution in [0.1, 0.15) is 0 Å². The molecule has 18 nitrogen and oxygen atoms in total. The minimum absolute atomic E-state index is 0.0160. The van der Waals surface area contributed by atoms with Gasteiger partial charge in [0, 0.05) is 16.2 Å². The lowest BCUT2D eigenvalue weighted by Gasteiger charge is -2.11. The molecule has 21 heteroatoms. The molecule has 0 aliphatic carbocycles. The molecule has 5 aromatic carbocycles. The fraction of sp³-hybridized carbons (Fsp3) is 0.103. The standard InChI is InChI=1S/C29H25N5O13S3/c30-23-12-21-15(9-26(23)49(41,42)43)10-27(50(44,45)46)28(29(21)37)34-33-25-8-7-24(20-6-5-19(11-22(20)25)48(38,39)40)32-31-16-1-3-18(4-2-16)47-14-17(36)13-35/h1-12,17,35-37H,13-14,30H2,(H,38,39,40)(H,41,42,43)(H,44,45,46)/b32-31+,34-33+. The Balaban J connectivity index is 1.61. The summed E-state index contributed by atoms with van der Waals surface area (Å²) in [6, 6.07) is 14.8. The van der Waals surface area contributed by atoms with E-state index in [9.17, 15) is 49.1 Å². The van der Waals surface area contributed by atoms with Crippen molar-refractivity contribution in [1.82, 2.24) is 0 Å². The van der Waals surface area contributed by atoms with E-state index in [4.69, 9.17) is 15.6 Å². The van der Waals surface area contributed by atoms with E-state index in [-0.39, 0.29) is 39.5 Å². The van der Waals surface area contributed by atoms with E-state index in [1.165, 1.54) is 18.2 Å². The average molecular weight is 748 g/mol. The van der Waals surface area contributed by atoms with E-state index in [1.807, 2.05) is 0 Å². The fourth-order valence-corrected chi connectivity index (χ4v) is 6.41. The maximum atomic E-state index is 12.3. The highest BCUT2D eigenvalue weighted by Crippen LogP contribution is 2.44. The van der Waals surface area contributed by atoms with Crippen LogP contribution < -0.4 is 10.5 Å². The van der Waals surface area contributed by atoms with Gasteiger partial charge < -0.3 is 25.8 Å². The molecule has 5 rings (SSSR count). The predicted octanol–water partition coefficient (Wildman–Crippen LogP) is 4.58. The van der Waals surface area contributed by atoms with E-state index in [0.717, 1.165) is 30.3 Å². The molecule has 0 fully saturated rings. The number of azo groups is 2. The van der Waals surface area contributed by atoms with E-state index in [0.29, 0.717) is 11.4 Å². The van der Waals surface area contributed by atoms with Crippen LogP contribution in [0.2, 0.25) is 0 Å². The molecule has 5 aromatic rings. The first-order valence-corrected chi connectivity index (χ1v) is 18.1. The summed E-state index contributed by atoms with van der Waals surface area (Å²) in [5.41, 5.74) is 4.83. The van der Waals surface area contributed by atoms with Crippen LogP contribution in [0.4, 0.5) is 28.4 Å². The first kappa shape index (κ1) is 36.2. The zero-order chi connectivity index (χ0) is 36.6. The smallest absolute Gasteiger partial charge is 0.296 e. The second-order valence-electron chi connectivity index (χ2n) is 10.5. The Morgan fingerprint density at radius 3 is 1.88 bits per heavy atom. The van der Waals surface area contributed by atoms with Gasteiger partial charge >= 0.3 is 0 Å². The lowest BCUT2D eigenvalue weighted by Crippen LogP contribution is -2.21. The van der Waals surface area contributed by atoms with Crippen LogP contribution in [-0.2, 0) is 30.4 Å². The first-order chi connectivity index (χ1) is 23.4. The van der Waals surface area contributed by atoms with E-state index in [2.05, 4.69) is 20.5 Å². The summed E-state index contributed by atoms with van der Waals surface area (Å²) in [6.07, 6.45) is -1.06. The molecule has 262 valence electrons. The number of aliphatic hydroxyl groups is 2. The molecule has 0 spiro atoms. The highest BCUT2D eigenvalue weighted by molar-refractivity contribution is 7.86. The van der Waals surface area contributed by atoms with Crippen LogP contribution in [-0.4, -0.2) is 73.5 Å². The van der Waals surface area contributed by atoms with Gasteiger partial charge in [0.2, 0.25) is 0 Å². The van der Waals surface area contributed by atoms with Gasteiger partial charge in [-0.15, -0.1) is 15.3 Å². The molecule has 0 aliphatic rings. The van der Waals surface area contributed by atoms with Crippen LogP contribution in [0.25, 0.3) is 21.5 Å². The number of phenolic OH excluding ortho intramolecular Hbond substituents is 1. The minimum atomic E-state index is -5.16. The maximum Gasteiger partial charge on any atom is 0.296 e. The normalized spacial score (nSPS) is 13.5. The molecule has 0 saturated heterocycles. The number of hydrogen-bond donors (Lipinski definition) is 7. The molecule has 0 amide bonds. The van der Waals surface area contributed by atoms with E-state index < -0.39 is 74.9 Å². The lowest BCUT2D eigenvalue weighted by atomic mass is 10.1. The molecule has 0 radical (unpaired) electrons. The molecule has 0 saturated carbocycles. The number of nitrogen functional groups attached to an aromatic ring is 1. The molecule has 0 heterocycles. The maximum absolute atomic E-state index is 12.3. The second kappa shape index (κ2) is 13.6. The predicted molar refractivity (Wildman–Crippen MR) is 177 cm³/mol. The van der Waals surface area contributed by atoms with Gasteiger partial charge in [-0.2, -0.15) is 30.4 Å². The Labute approximate surface area is 283 Å². The van der Waals surface area contributed by atoms with Gasteiger partial charge in [-0.05, 0) is 72.1 Å². The SMILES string of the molecule is Nc1cc2c(O)c(/N=N/c3ccc(/N=N/c4ccc(OCC(O)CO)cc4)c4ccc(S(=O)(=O)O)cc34)c(S(=O)(=O)O)cc2cc1S(=O)(=O)O. The number of phenols is 1. The number of aromatic hydroxyl groups is 1. The van der Waals surface area contributed by atoms with Gasteiger partial charge in [0.25, 0.3) is 30.4 Å². The van der Waals surface area contributed by atoms with Crippen molar-refractivity contribution in [2.75, 3.05) is 18.9 Å². The number of nitrogens with two attached hydrogens (primary N) is 1. The van der Waals surface area contributed by atoms with Crippen molar-refractivity contribution in [3.63, 3.8) is 0 Å². The number of fused-ring (bicyclic) bond motifs is 2. The fourth-order valence-electron chi connectivity index (χ4n) is 4.61. The van der Waals surface area contributed by atoms with Crippen LogP contribution in [0, 0.1) is 0 Å². The Kier molecular flexibility index (Phi) is 9.87. The second-order valence-corrected chi connectivity index (χ2v) is 14.7. The molecule has 0 aromatic heterocycles. The molecule has 1 unspecified atom stereocenters. The molecular weight excluding hydrogens is 723 g/mol. The molecule has 1 atom stereocenters. The van der Waals surface area contributed by atoms with Crippen LogP contribution in [0.3, 0.4) is 0 Å². The minimum Gasteiger partial charge on any atom is -0.505 e. The third kappa shape index (κ3) is 7.85. The van der Waals surface area contributed by atoms with Gasteiger partial charge in [-0.25, -0.2) is 0 Å². The lowest BCUT2D eigenvalue weighted by molar-refractivity contribution is 0.0536. The van der Waals surface area contributed by atoms with E-state index in [1.54, 1.807) is 24.3 Å². The Hall–Kier alpha value is -5.13. The molecule has 0 bridgehead atoms. The summed E-state index contributed by atoms with van der Waals surface area (Å²) in [6.45, 7) is -0.607. The summed E-state index contributed by atoms with van der Waals surface area (Å²) in [5.74, 6) is -0.517. The van der Waals surface area contributed by atoms with Gasteiger partial charge in [0.05, 0.1) is 34.3 Å². The third-order valence-corrected chi connectivity index (χ3v) is 9.62. The largest absolute Gasteiger partial charge is 0.505 e. The van der Waals surface area contributed by atoms with Crippen molar-refractivity contribution < 1.29 is 59.0 Å². The summed E-state index contributed by atoms with van der Waals surface area (Å²) in [5, 5.41) is 45.2. The van der Waals surface area contributed by atoms with Crippen molar-refractivity contribution in [3.05, 3.63) is 72.8 Å². The van der Waals surface area contributed by atoms with Crippen molar-refractivity contribution in [1.29, 1.82) is 0 Å². The highest BCUT2D eigenvalue weighted by atomic mass is 32.2. The first-order valence-electron chi connectivity index (χ1n) is 13.8. The number of rotatable bonds is 11. The Morgan fingerprint density at radius 2 is 1.28 bits per heavy atom. The zero-order valence-electron chi connectivity index (χ0n) is 25.1. The summed E-state index contributed by atoms with van der Waals surface area (Å²) < 4.78 is 106. The van der Waals surface area contributed by atoms with Crippen LogP contribution in [0.5, 0.6) is 11.5 Å². The number of aliphatic hydroxyl groups excluding tert-OH is 2. The van der Waals surface area contributed by atoms with Crippen molar-refractivity contribution in [3.8, 4) is 11.5 Å². The number of benzene rings is 5. The molecular formula is C29H25N5O13S3. The van der Waals surface area contributed by atoms with Gasteiger partial charge in [-0.3, -0.25) is 13.7 Å². The van der Waals surface area contributed by atoms with E-state index >= 15 is 0 Å².